The van der Waals surface area contributed by atoms with Crippen LogP contribution in [0.4, 0.5) is 34.1 Å². The van der Waals surface area contributed by atoms with Crippen molar-refractivity contribution in [1.82, 2.24) is 0 Å². The summed E-state index contributed by atoms with van der Waals surface area (Å²) in [5.41, 5.74) is 14.9. The van der Waals surface area contributed by atoms with Crippen molar-refractivity contribution in [2.24, 2.45) is 0 Å². The maximum atomic E-state index is 2.47. The van der Waals surface area contributed by atoms with Crippen LogP contribution in [0.5, 0.6) is 0 Å². The van der Waals surface area contributed by atoms with Crippen molar-refractivity contribution in [3.63, 3.8) is 0 Å². The number of hydrogen-bond donors (Lipinski definition) is 0. The quantitative estimate of drug-likeness (QED) is 0.152. The summed E-state index contributed by atoms with van der Waals surface area (Å²) in [5.74, 6) is 0. The Bertz CT molecular complexity index is 2960. The highest BCUT2D eigenvalue weighted by Gasteiger charge is 2.37. The molecule has 2 heteroatoms. The highest BCUT2D eigenvalue weighted by atomic mass is 15.1. The van der Waals surface area contributed by atoms with Gasteiger partial charge in [0.1, 0.15) is 0 Å². The Balaban J connectivity index is 0.945. The lowest BCUT2D eigenvalue weighted by Gasteiger charge is -2.42. The zero-order chi connectivity index (χ0) is 40.8. The number of rotatable bonds is 8. The van der Waals surface area contributed by atoms with Crippen LogP contribution in [0.15, 0.2) is 206 Å². The Morgan fingerprint density at radius 1 is 0.283 bits per heavy atom. The van der Waals surface area contributed by atoms with Crippen LogP contribution in [-0.2, 0) is 10.8 Å². The summed E-state index contributed by atoms with van der Waals surface area (Å²) in [6, 6.07) is 75.5. The predicted molar refractivity (Wildman–Crippen MR) is 257 cm³/mol. The van der Waals surface area contributed by atoms with E-state index < -0.39 is 0 Å². The Morgan fingerprint density at radius 2 is 0.617 bits per heavy atom. The molecule has 0 aromatic heterocycles. The average Bonchev–Trinajstić information content (AvgIpc) is 3.29. The first-order valence-corrected chi connectivity index (χ1v) is 21.3. The molecular formula is C58H50N2. The molecular weight excluding hydrogens is 725 g/mol. The lowest BCUT2D eigenvalue weighted by molar-refractivity contribution is 0.332. The molecule has 0 spiro atoms. The molecule has 0 aliphatic heterocycles. The molecule has 1 aliphatic carbocycles. The highest BCUT2D eigenvalue weighted by molar-refractivity contribution is 5.91. The summed E-state index contributed by atoms with van der Waals surface area (Å²) < 4.78 is 0. The molecule has 0 atom stereocenters. The van der Waals surface area contributed by atoms with E-state index in [1.807, 2.05) is 0 Å². The lowest BCUT2D eigenvalue weighted by atomic mass is 9.63. The molecule has 0 heterocycles. The predicted octanol–water partition coefficient (Wildman–Crippen LogP) is 16.6. The van der Waals surface area contributed by atoms with Crippen LogP contribution in [-0.4, -0.2) is 0 Å². The van der Waals surface area contributed by atoms with Gasteiger partial charge in [0.15, 0.2) is 0 Å². The minimum atomic E-state index is 0.119. The van der Waals surface area contributed by atoms with Crippen molar-refractivity contribution in [1.29, 1.82) is 0 Å². The minimum absolute atomic E-state index is 0.119. The average molecular weight is 775 g/mol. The van der Waals surface area contributed by atoms with E-state index in [-0.39, 0.29) is 10.8 Å². The number of benzene rings is 9. The molecule has 0 bridgehead atoms. The topological polar surface area (TPSA) is 6.48 Å². The third-order valence-electron chi connectivity index (χ3n) is 12.9. The molecule has 0 fully saturated rings. The van der Waals surface area contributed by atoms with E-state index in [1.165, 1.54) is 73.5 Å². The van der Waals surface area contributed by atoms with Crippen LogP contribution in [0, 0.1) is 0 Å². The molecule has 1 aliphatic rings. The number of fused-ring (bicyclic) bond motifs is 3. The molecule has 2 nitrogen and oxygen atoms in total. The van der Waals surface area contributed by atoms with E-state index in [0.29, 0.717) is 0 Å². The van der Waals surface area contributed by atoms with Gasteiger partial charge in [-0.2, -0.15) is 0 Å². The Hall–Kier alpha value is -6.90. The van der Waals surface area contributed by atoms with Crippen molar-refractivity contribution >= 4 is 55.7 Å². The Labute approximate surface area is 355 Å². The van der Waals surface area contributed by atoms with Gasteiger partial charge < -0.3 is 9.80 Å². The smallest absolute Gasteiger partial charge is 0.0468 e. The van der Waals surface area contributed by atoms with Gasteiger partial charge in [-0.25, -0.2) is 0 Å². The highest BCUT2D eigenvalue weighted by Crippen LogP contribution is 2.48. The zero-order valence-electron chi connectivity index (χ0n) is 34.9. The first-order chi connectivity index (χ1) is 29.2. The maximum absolute atomic E-state index is 2.47. The van der Waals surface area contributed by atoms with Gasteiger partial charge in [-0.3, -0.25) is 0 Å². The maximum Gasteiger partial charge on any atom is 0.0468 e. The van der Waals surface area contributed by atoms with E-state index in [1.54, 1.807) is 0 Å². The molecule has 0 saturated carbocycles. The fraction of sp³-hybridized carbons (Fsp3) is 0.138. The first-order valence-electron chi connectivity index (χ1n) is 21.3. The summed E-state index contributed by atoms with van der Waals surface area (Å²) in [5, 5.41) is 4.96. The molecule has 292 valence electrons. The minimum Gasteiger partial charge on any atom is -0.310 e. The van der Waals surface area contributed by atoms with Gasteiger partial charge in [0, 0.05) is 34.1 Å². The molecule has 9 aromatic rings. The summed E-state index contributed by atoms with van der Waals surface area (Å²) in [6.07, 6.45) is 2.39. The monoisotopic (exact) mass is 774 g/mol. The summed E-state index contributed by atoms with van der Waals surface area (Å²) >= 11 is 0. The molecule has 0 amide bonds. The molecule has 60 heavy (non-hydrogen) atoms. The van der Waals surface area contributed by atoms with Crippen LogP contribution < -0.4 is 9.80 Å². The van der Waals surface area contributed by atoms with Crippen molar-refractivity contribution in [2.75, 3.05) is 9.80 Å². The fourth-order valence-corrected chi connectivity index (χ4v) is 9.28. The van der Waals surface area contributed by atoms with Gasteiger partial charge in [-0.15, -0.1) is 0 Å². The number of hydrogen-bond acceptors (Lipinski definition) is 2. The van der Waals surface area contributed by atoms with E-state index in [0.717, 1.165) is 28.4 Å². The van der Waals surface area contributed by atoms with E-state index >= 15 is 0 Å². The second-order valence-electron chi connectivity index (χ2n) is 17.7. The fourth-order valence-electron chi connectivity index (χ4n) is 9.28. The molecule has 10 rings (SSSR count). The lowest BCUT2D eigenvalue weighted by Crippen LogP contribution is -2.34. The molecule has 0 radical (unpaired) electrons. The van der Waals surface area contributed by atoms with Crippen molar-refractivity contribution in [2.45, 2.75) is 51.4 Å². The summed E-state index contributed by atoms with van der Waals surface area (Å²) in [6.45, 7) is 9.62. The SMILES string of the molecule is CC1(C)CCC(C)(C)c2cc(N(c3ccc(-c4ccc(-c5ccc(N(c6ccccc6)c6ccc7ccccc7c6)cc5)cc4)cc3)c3ccc4ccccc4c3)ccc21. The van der Waals surface area contributed by atoms with Crippen LogP contribution in [0.1, 0.15) is 51.7 Å². The first kappa shape index (κ1) is 37.4. The van der Waals surface area contributed by atoms with Crippen molar-refractivity contribution in [3.8, 4) is 22.3 Å². The van der Waals surface area contributed by atoms with Crippen molar-refractivity contribution < 1.29 is 0 Å². The van der Waals surface area contributed by atoms with Gasteiger partial charge in [-0.1, -0.05) is 161 Å². The van der Waals surface area contributed by atoms with Crippen LogP contribution in [0.3, 0.4) is 0 Å². The van der Waals surface area contributed by atoms with E-state index in [2.05, 4.69) is 244 Å². The third kappa shape index (κ3) is 7.03. The summed E-state index contributed by atoms with van der Waals surface area (Å²) in [7, 11) is 0. The van der Waals surface area contributed by atoms with Gasteiger partial charge >= 0.3 is 0 Å². The molecule has 0 saturated heterocycles. The van der Waals surface area contributed by atoms with Crippen LogP contribution >= 0.6 is 0 Å². The number of nitrogens with zero attached hydrogens (tertiary/aromatic N) is 2. The molecule has 0 unspecified atom stereocenters. The van der Waals surface area contributed by atoms with Crippen LogP contribution in [0.25, 0.3) is 43.8 Å². The Kier molecular flexibility index (Phi) is 9.37. The van der Waals surface area contributed by atoms with Gasteiger partial charge in [-0.05, 0) is 151 Å². The van der Waals surface area contributed by atoms with Gasteiger partial charge in [0.2, 0.25) is 0 Å². The van der Waals surface area contributed by atoms with E-state index in [9.17, 15) is 0 Å². The number of anilines is 6. The zero-order valence-corrected chi connectivity index (χ0v) is 34.9. The molecule has 0 N–H and O–H groups in total. The van der Waals surface area contributed by atoms with Crippen molar-refractivity contribution in [3.05, 3.63) is 217 Å². The second kappa shape index (κ2) is 15.0. The summed E-state index contributed by atoms with van der Waals surface area (Å²) in [4.78, 5) is 4.76. The third-order valence-corrected chi connectivity index (χ3v) is 12.9. The largest absolute Gasteiger partial charge is 0.310 e. The van der Waals surface area contributed by atoms with E-state index in [4.69, 9.17) is 0 Å². The van der Waals surface area contributed by atoms with Crippen LogP contribution in [0.2, 0.25) is 0 Å². The standard InChI is InChI=1S/C58H50N2/c1-57(2)36-37-58(3,4)56-40-54(34-35-55(56)57)60(53-33-27-42-13-9-11-15-48(42)39-53)51-30-24-46(25-31-51)44-20-18-43(19-21-44)45-22-28-50(29-23-45)59(49-16-6-5-7-17-49)52-32-26-41-12-8-10-14-47(41)38-52/h5-35,38-40H,36-37H2,1-4H3. The van der Waals surface area contributed by atoms with Gasteiger partial charge in [0.05, 0.1) is 0 Å². The number of para-hydroxylation sites is 1. The van der Waals surface area contributed by atoms with Gasteiger partial charge in [0.25, 0.3) is 0 Å². The normalized spacial score (nSPS) is 14.1. The Morgan fingerprint density at radius 3 is 1.10 bits per heavy atom. The molecule has 9 aromatic carbocycles. The second-order valence-corrected chi connectivity index (χ2v) is 17.7.